The molecule has 0 N–H and O–H groups in total. The fourth-order valence-corrected chi connectivity index (χ4v) is 11.2. The quantitative estimate of drug-likeness (QED) is 0.562. The zero-order valence-electron chi connectivity index (χ0n) is 17.1. The molecular formula is C24H34Cl2Zr. The third-order valence-corrected chi connectivity index (χ3v) is 11.9. The third kappa shape index (κ3) is 4.95. The molecule has 0 amide bonds. The minimum absolute atomic E-state index is 0. The summed E-state index contributed by atoms with van der Waals surface area (Å²) in [5.41, 5.74) is 7.21. The Balaban J connectivity index is 0.00000131. The molecule has 0 bridgehead atoms. The minimum Gasteiger partial charge on any atom is -1.00 e. The first-order valence-corrected chi connectivity index (χ1v) is 13.2. The van der Waals surface area contributed by atoms with Gasteiger partial charge in [-0.05, 0) is 0 Å². The molecule has 0 aromatic rings. The van der Waals surface area contributed by atoms with Crippen molar-refractivity contribution in [1.29, 1.82) is 0 Å². The molecule has 148 valence electrons. The predicted octanol–water partition coefficient (Wildman–Crippen LogP) is 1.88. The molecule has 0 fully saturated rings. The first-order valence-electron chi connectivity index (χ1n) is 10.7. The van der Waals surface area contributed by atoms with Crippen LogP contribution < -0.4 is 24.8 Å². The summed E-state index contributed by atoms with van der Waals surface area (Å²) < 4.78 is 0.917. The van der Waals surface area contributed by atoms with Crippen LogP contribution in [-0.2, 0) is 23.2 Å². The van der Waals surface area contributed by atoms with E-state index in [4.69, 9.17) is 0 Å². The summed E-state index contributed by atoms with van der Waals surface area (Å²) in [6.07, 6.45) is 27.3. The van der Waals surface area contributed by atoms with Crippen molar-refractivity contribution >= 4 is 0 Å². The number of hydrogen-bond donors (Lipinski definition) is 0. The fourth-order valence-electron chi connectivity index (χ4n) is 5.63. The van der Waals surface area contributed by atoms with E-state index in [-0.39, 0.29) is 24.8 Å². The summed E-state index contributed by atoms with van der Waals surface area (Å²) in [6.45, 7) is 5.22. The van der Waals surface area contributed by atoms with Crippen LogP contribution in [0, 0.1) is 0 Å². The van der Waals surface area contributed by atoms with Gasteiger partial charge in [0.1, 0.15) is 0 Å². The average molecular weight is 485 g/mol. The smallest absolute Gasteiger partial charge is 1.00 e. The standard InChI is InChI=1S/2C12H17.2ClH.Zr/c2*1-10-8-9-11-6-4-2-3-5-7-12(10)11;;;/h2*8-9H,2-7H2,1H3;2*1H;/q;;;;+2/p-2. The van der Waals surface area contributed by atoms with E-state index < -0.39 is 23.2 Å². The molecule has 0 saturated carbocycles. The Hall–Kier alpha value is 0.423. The summed E-state index contributed by atoms with van der Waals surface area (Å²) in [6, 6.07) is 0. The molecule has 0 aromatic heterocycles. The molecule has 0 spiro atoms. The van der Waals surface area contributed by atoms with Gasteiger partial charge in [0.2, 0.25) is 0 Å². The molecule has 0 aliphatic heterocycles. The van der Waals surface area contributed by atoms with E-state index >= 15 is 0 Å². The Kier molecular flexibility index (Phi) is 8.74. The Morgan fingerprint density at radius 1 is 0.593 bits per heavy atom. The van der Waals surface area contributed by atoms with Gasteiger partial charge in [0, 0.05) is 0 Å². The molecule has 4 aliphatic carbocycles. The monoisotopic (exact) mass is 482 g/mol. The van der Waals surface area contributed by atoms with Gasteiger partial charge in [0.25, 0.3) is 0 Å². The van der Waals surface area contributed by atoms with Crippen molar-refractivity contribution in [3.05, 3.63) is 46.6 Å². The number of allylic oxidation sites excluding steroid dienone is 8. The van der Waals surface area contributed by atoms with Crippen LogP contribution in [0.2, 0.25) is 6.25 Å². The van der Waals surface area contributed by atoms with E-state index in [1.54, 1.807) is 11.1 Å². The van der Waals surface area contributed by atoms with Crippen LogP contribution in [-0.4, -0.2) is 0 Å². The number of hydrogen-bond acceptors (Lipinski definition) is 0. The molecule has 2 atom stereocenters. The van der Waals surface area contributed by atoms with Gasteiger partial charge in [-0.25, -0.2) is 0 Å². The van der Waals surface area contributed by atoms with Crippen molar-refractivity contribution in [2.75, 3.05) is 0 Å². The molecule has 3 heteroatoms. The van der Waals surface area contributed by atoms with Crippen LogP contribution in [0.3, 0.4) is 0 Å². The van der Waals surface area contributed by atoms with Gasteiger partial charge in [-0.15, -0.1) is 0 Å². The van der Waals surface area contributed by atoms with Gasteiger partial charge in [0.05, 0.1) is 0 Å². The number of halogens is 2. The Bertz CT molecular complexity index is 601. The Labute approximate surface area is 190 Å². The summed E-state index contributed by atoms with van der Waals surface area (Å²) in [5, 5.41) is 0. The predicted molar refractivity (Wildman–Crippen MR) is 104 cm³/mol. The second kappa shape index (κ2) is 9.95. The first-order chi connectivity index (χ1) is 12.1. The third-order valence-electron chi connectivity index (χ3n) is 7.03. The Morgan fingerprint density at radius 3 is 1.37 bits per heavy atom. The normalized spacial score (nSPS) is 33.0. The van der Waals surface area contributed by atoms with Gasteiger partial charge >= 0.3 is 167 Å². The van der Waals surface area contributed by atoms with Crippen LogP contribution in [0.25, 0.3) is 0 Å². The van der Waals surface area contributed by atoms with Crippen LogP contribution in [0.4, 0.5) is 0 Å². The van der Waals surface area contributed by atoms with Gasteiger partial charge in [0.15, 0.2) is 0 Å². The zero-order chi connectivity index (χ0) is 17.3. The number of rotatable bonds is 2. The maximum atomic E-state index is 2.65. The van der Waals surface area contributed by atoms with Crippen molar-refractivity contribution in [2.45, 2.75) is 97.1 Å². The van der Waals surface area contributed by atoms with Crippen molar-refractivity contribution < 1.29 is 48.0 Å². The van der Waals surface area contributed by atoms with Crippen LogP contribution in [0.1, 0.15) is 90.9 Å². The summed E-state index contributed by atoms with van der Waals surface area (Å²) in [7, 11) is 0. The zero-order valence-corrected chi connectivity index (χ0v) is 21.0. The molecule has 4 rings (SSSR count). The van der Waals surface area contributed by atoms with Gasteiger partial charge in [-0.1, -0.05) is 0 Å². The van der Waals surface area contributed by atoms with Crippen LogP contribution >= 0.6 is 0 Å². The van der Waals surface area contributed by atoms with E-state index in [1.165, 1.54) is 77.0 Å². The molecule has 0 aromatic carbocycles. The maximum absolute atomic E-state index is 2.65. The van der Waals surface area contributed by atoms with E-state index in [9.17, 15) is 0 Å². The van der Waals surface area contributed by atoms with E-state index in [0.29, 0.717) is 6.25 Å². The molecule has 0 radical (unpaired) electrons. The van der Waals surface area contributed by atoms with Crippen molar-refractivity contribution in [3.8, 4) is 0 Å². The van der Waals surface area contributed by atoms with E-state index in [2.05, 4.69) is 38.2 Å². The van der Waals surface area contributed by atoms with E-state index in [1.807, 2.05) is 11.1 Å². The summed E-state index contributed by atoms with van der Waals surface area (Å²) >= 11 is -0.658. The first kappa shape index (κ1) is 23.7. The molecule has 0 heterocycles. The largest absolute Gasteiger partial charge is 1.00 e. The molecule has 0 nitrogen and oxygen atoms in total. The minimum atomic E-state index is -0.658. The molecule has 0 saturated heterocycles. The fraction of sp³-hybridized carbons (Fsp3) is 0.667. The molecule has 4 aliphatic rings. The van der Waals surface area contributed by atoms with Crippen molar-refractivity contribution in [2.24, 2.45) is 0 Å². The second-order valence-electron chi connectivity index (χ2n) is 9.03. The molecule has 27 heavy (non-hydrogen) atoms. The SMILES string of the molecule is C[C]1([Zr+2][C]2(C)C=CC3=C2CCCCCC3)C=CC2=C1CCCCCC2.[Cl-].[Cl-]. The molecular weight excluding hydrogens is 450 g/mol. The second-order valence-corrected chi connectivity index (χ2v) is 14.8. The topological polar surface area (TPSA) is 0 Å². The van der Waals surface area contributed by atoms with Crippen LogP contribution in [0.15, 0.2) is 46.6 Å². The van der Waals surface area contributed by atoms with Gasteiger partial charge in [-0.3, -0.25) is 0 Å². The Morgan fingerprint density at radius 2 is 0.963 bits per heavy atom. The van der Waals surface area contributed by atoms with Gasteiger partial charge in [-0.2, -0.15) is 0 Å². The van der Waals surface area contributed by atoms with Crippen molar-refractivity contribution in [1.82, 2.24) is 0 Å². The average Bonchev–Trinajstić information content (AvgIpc) is 2.96. The maximum Gasteiger partial charge on any atom is -1.00 e. The molecule has 2 unspecified atom stereocenters. The van der Waals surface area contributed by atoms with Gasteiger partial charge < -0.3 is 24.8 Å². The van der Waals surface area contributed by atoms with E-state index in [0.717, 1.165) is 0 Å². The van der Waals surface area contributed by atoms with Crippen LogP contribution in [0.5, 0.6) is 0 Å². The summed E-state index contributed by atoms with van der Waals surface area (Å²) in [5.74, 6) is 0. The summed E-state index contributed by atoms with van der Waals surface area (Å²) in [4.78, 5) is 0. The van der Waals surface area contributed by atoms with Crippen molar-refractivity contribution in [3.63, 3.8) is 0 Å².